The third kappa shape index (κ3) is 2.98. The van der Waals surface area contributed by atoms with E-state index in [1.807, 2.05) is 6.07 Å². The average molecular weight is 260 g/mol. The highest BCUT2D eigenvalue weighted by Gasteiger charge is 2.21. The Morgan fingerprint density at radius 1 is 1.58 bits per heavy atom. The zero-order valence-corrected chi connectivity index (χ0v) is 10.0. The summed E-state index contributed by atoms with van der Waals surface area (Å²) in [5.41, 5.74) is 0.567. The molecule has 7 heteroatoms. The minimum atomic E-state index is -0.503. The molecule has 2 rings (SSSR count). The summed E-state index contributed by atoms with van der Waals surface area (Å²) in [6.45, 7) is 0.404. The molecule has 1 fully saturated rings. The Kier molecular flexibility index (Phi) is 3.61. The molecule has 1 aromatic carbocycles. The van der Waals surface area contributed by atoms with Crippen molar-refractivity contribution in [1.29, 1.82) is 5.26 Å². The van der Waals surface area contributed by atoms with E-state index >= 15 is 0 Å². The normalized spacial score (nSPS) is 17.6. The van der Waals surface area contributed by atoms with Gasteiger partial charge in [-0.2, -0.15) is 5.26 Å². The number of nitrogens with one attached hydrogen (secondary N) is 2. The molecule has 0 spiro atoms. The van der Waals surface area contributed by atoms with Crippen molar-refractivity contribution in [3.8, 4) is 6.07 Å². The van der Waals surface area contributed by atoms with Crippen molar-refractivity contribution in [2.75, 3.05) is 11.9 Å². The summed E-state index contributed by atoms with van der Waals surface area (Å²) in [6, 6.07) is 6.05. The van der Waals surface area contributed by atoms with E-state index in [2.05, 4.69) is 10.6 Å². The van der Waals surface area contributed by atoms with E-state index in [1.54, 1.807) is 0 Å². The molecule has 1 aliphatic rings. The first-order valence-electron chi connectivity index (χ1n) is 5.82. The molecule has 1 unspecified atom stereocenters. The molecule has 1 heterocycles. The fraction of sp³-hybridized carbons (Fsp3) is 0.333. The predicted octanol–water partition coefficient (Wildman–Crippen LogP) is 1.16. The van der Waals surface area contributed by atoms with Crippen LogP contribution in [0.3, 0.4) is 0 Å². The highest BCUT2D eigenvalue weighted by Crippen LogP contribution is 2.25. The van der Waals surface area contributed by atoms with E-state index in [9.17, 15) is 14.9 Å². The lowest BCUT2D eigenvalue weighted by molar-refractivity contribution is -0.384. The van der Waals surface area contributed by atoms with Crippen molar-refractivity contribution >= 4 is 17.3 Å². The zero-order chi connectivity index (χ0) is 13.8. The van der Waals surface area contributed by atoms with Crippen molar-refractivity contribution < 1.29 is 9.72 Å². The molecule has 7 nitrogen and oxygen atoms in total. The van der Waals surface area contributed by atoms with Gasteiger partial charge < -0.3 is 10.6 Å². The van der Waals surface area contributed by atoms with Crippen molar-refractivity contribution in [3.05, 3.63) is 33.9 Å². The van der Waals surface area contributed by atoms with Crippen molar-refractivity contribution in [1.82, 2.24) is 5.32 Å². The second-order valence-corrected chi connectivity index (χ2v) is 4.28. The van der Waals surface area contributed by atoms with Gasteiger partial charge in [0.25, 0.3) is 5.69 Å². The quantitative estimate of drug-likeness (QED) is 0.623. The van der Waals surface area contributed by atoms with E-state index in [0.717, 1.165) is 0 Å². The van der Waals surface area contributed by atoms with Crippen LogP contribution in [0.5, 0.6) is 0 Å². The van der Waals surface area contributed by atoms with Crippen LogP contribution in [0.1, 0.15) is 18.4 Å². The number of rotatable bonds is 4. The van der Waals surface area contributed by atoms with E-state index in [0.29, 0.717) is 30.6 Å². The van der Waals surface area contributed by atoms with Gasteiger partial charge in [-0.3, -0.25) is 14.9 Å². The molecular weight excluding hydrogens is 248 g/mol. The Morgan fingerprint density at radius 2 is 2.37 bits per heavy atom. The third-order valence-corrected chi connectivity index (χ3v) is 2.95. The molecule has 2 N–H and O–H groups in total. The fourth-order valence-electron chi connectivity index (χ4n) is 1.97. The second-order valence-electron chi connectivity index (χ2n) is 4.28. The molecule has 1 amide bonds. The topological polar surface area (TPSA) is 108 Å². The second kappa shape index (κ2) is 5.35. The van der Waals surface area contributed by atoms with Crippen LogP contribution >= 0.6 is 0 Å². The van der Waals surface area contributed by atoms with Crippen LogP contribution in [0.2, 0.25) is 0 Å². The lowest BCUT2D eigenvalue weighted by Crippen LogP contribution is -2.31. The molecule has 0 aliphatic carbocycles. The number of benzene rings is 1. The number of hydrogen-bond acceptors (Lipinski definition) is 5. The number of nitro groups is 1. The number of nitrogens with zero attached hydrogens (tertiary/aromatic N) is 2. The maximum Gasteiger partial charge on any atom is 0.292 e. The maximum absolute atomic E-state index is 11.1. The van der Waals surface area contributed by atoms with Crippen LogP contribution < -0.4 is 10.6 Å². The van der Waals surface area contributed by atoms with Crippen LogP contribution in [0.4, 0.5) is 11.4 Å². The summed E-state index contributed by atoms with van der Waals surface area (Å²) in [4.78, 5) is 21.4. The van der Waals surface area contributed by atoms with Gasteiger partial charge in [-0.25, -0.2) is 0 Å². The number of hydrogen-bond donors (Lipinski definition) is 2. The van der Waals surface area contributed by atoms with Gasteiger partial charge >= 0.3 is 0 Å². The summed E-state index contributed by atoms with van der Waals surface area (Å²) >= 11 is 0. The van der Waals surface area contributed by atoms with Crippen LogP contribution in [0.25, 0.3) is 0 Å². The van der Waals surface area contributed by atoms with Gasteiger partial charge in [-0.15, -0.1) is 0 Å². The van der Waals surface area contributed by atoms with Gasteiger partial charge in [0.1, 0.15) is 5.69 Å². The highest BCUT2D eigenvalue weighted by atomic mass is 16.6. The lowest BCUT2D eigenvalue weighted by Gasteiger charge is -2.12. The van der Waals surface area contributed by atoms with Crippen LogP contribution in [-0.2, 0) is 4.79 Å². The molecule has 0 saturated carbocycles. The highest BCUT2D eigenvalue weighted by molar-refractivity contribution is 5.78. The summed E-state index contributed by atoms with van der Waals surface area (Å²) in [6.07, 6.45) is 1.18. The largest absolute Gasteiger partial charge is 0.377 e. The molecule has 1 atom stereocenters. The first-order chi connectivity index (χ1) is 9.10. The average Bonchev–Trinajstić information content (AvgIpc) is 2.81. The van der Waals surface area contributed by atoms with E-state index < -0.39 is 4.92 Å². The van der Waals surface area contributed by atoms with E-state index in [1.165, 1.54) is 18.2 Å². The maximum atomic E-state index is 11.1. The van der Waals surface area contributed by atoms with Crippen molar-refractivity contribution in [2.24, 2.45) is 0 Å². The van der Waals surface area contributed by atoms with Gasteiger partial charge in [-0.05, 0) is 18.6 Å². The first kappa shape index (κ1) is 12.8. The Morgan fingerprint density at radius 3 is 2.95 bits per heavy atom. The molecule has 1 aliphatic heterocycles. The summed E-state index contributed by atoms with van der Waals surface area (Å²) in [5.74, 6) is -0.00734. The Balaban J connectivity index is 2.11. The molecule has 0 aromatic heterocycles. The first-order valence-corrected chi connectivity index (χ1v) is 5.82. The van der Waals surface area contributed by atoms with E-state index in [-0.39, 0.29) is 17.6 Å². The van der Waals surface area contributed by atoms with Crippen molar-refractivity contribution in [2.45, 2.75) is 18.9 Å². The summed E-state index contributed by atoms with van der Waals surface area (Å²) < 4.78 is 0. The van der Waals surface area contributed by atoms with E-state index in [4.69, 9.17) is 5.26 Å². The number of nitro benzene ring substituents is 1. The standard InChI is InChI=1S/C12H12N4O3/c13-6-8-1-3-11(16(18)19)10(5-8)14-7-9-2-4-12(17)15-9/h1,3,5,9,14H,2,4,7H2,(H,15,17). The van der Waals surface area contributed by atoms with Gasteiger partial charge in [0.2, 0.25) is 5.91 Å². The SMILES string of the molecule is N#Cc1ccc([N+](=O)[O-])c(NCC2CCC(=O)N2)c1. The fourth-order valence-corrected chi connectivity index (χ4v) is 1.97. The Labute approximate surface area is 109 Å². The predicted molar refractivity (Wildman–Crippen MR) is 67.5 cm³/mol. The molecule has 19 heavy (non-hydrogen) atoms. The zero-order valence-electron chi connectivity index (χ0n) is 10.0. The number of anilines is 1. The molecule has 1 saturated heterocycles. The monoisotopic (exact) mass is 260 g/mol. The van der Waals surface area contributed by atoms with Crippen LogP contribution in [0, 0.1) is 21.4 Å². The smallest absolute Gasteiger partial charge is 0.292 e. The molecule has 1 aromatic rings. The van der Waals surface area contributed by atoms with Gasteiger partial charge in [-0.1, -0.05) is 0 Å². The molecule has 0 bridgehead atoms. The number of carbonyl (C=O) groups excluding carboxylic acids is 1. The lowest BCUT2D eigenvalue weighted by atomic mass is 10.1. The minimum absolute atomic E-state index is 0.00734. The third-order valence-electron chi connectivity index (χ3n) is 2.95. The van der Waals surface area contributed by atoms with Gasteiger partial charge in [0.05, 0.1) is 16.6 Å². The van der Waals surface area contributed by atoms with Gasteiger partial charge in [0, 0.05) is 25.1 Å². The molecule has 0 radical (unpaired) electrons. The summed E-state index contributed by atoms with van der Waals surface area (Å²) in [7, 11) is 0. The van der Waals surface area contributed by atoms with Crippen LogP contribution in [0.15, 0.2) is 18.2 Å². The molecular formula is C12H12N4O3. The summed E-state index contributed by atoms with van der Waals surface area (Å²) in [5, 5.41) is 25.4. The van der Waals surface area contributed by atoms with Crippen molar-refractivity contribution in [3.63, 3.8) is 0 Å². The van der Waals surface area contributed by atoms with Crippen LogP contribution in [-0.4, -0.2) is 23.4 Å². The minimum Gasteiger partial charge on any atom is -0.377 e. The van der Waals surface area contributed by atoms with Gasteiger partial charge in [0.15, 0.2) is 0 Å². The number of carbonyl (C=O) groups is 1. The Bertz CT molecular complexity index is 565. The number of nitriles is 1. The molecule has 98 valence electrons. The number of amides is 1. The Hall–Kier alpha value is -2.62.